The summed E-state index contributed by atoms with van der Waals surface area (Å²) in [4.78, 5) is 2.69. The first-order valence-corrected chi connectivity index (χ1v) is 22.3. The molecular weight excluding hydrogens is 747 g/mol. The van der Waals surface area contributed by atoms with Crippen molar-refractivity contribution in [3.05, 3.63) is 138 Å². The number of aromatic nitrogens is 1. The molecule has 294 valence electrons. The molecule has 7 aromatic carbocycles. The van der Waals surface area contributed by atoms with Crippen molar-refractivity contribution >= 4 is 104 Å². The van der Waals surface area contributed by atoms with Gasteiger partial charge in [0.1, 0.15) is 11.2 Å². The number of thiophene rings is 1. The monoisotopic (exact) mass is 796 g/mol. The summed E-state index contributed by atoms with van der Waals surface area (Å²) in [6, 6.07) is 44.6. The number of furan rings is 1. The number of rotatable bonds is 1. The third-order valence-corrected chi connectivity index (χ3v) is 14.9. The molecule has 60 heavy (non-hydrogen) atoms. The van der Waals surface area contributed by atoms with Crippen molar-refractivity contribution in [1.82, 2.24) is 4.57 Å². The molecule has 0 saturated carbocycles. The lowest BCUT2D eigenvalue weighted by Crippen LogP contribution is -2.60. The summed E-state index contributed by atoms with van der Waals surface area (Å²) in [7, 11) is 0. The van der Waals surface area contributed by atoms with E-state index in [0.717, 1.165) is 21.9 Å². The van der Waals surface area contributed by atoms with Crippen LogP contribution in [0.3, 0.4) is 0 Å². The minimum atomic E-state index is -0.0478. The summed E-state index contributed by atoms with van der Waals surface area (Å²) < 4.78 is 11.9. The van der Waals surface area contributed by atoms with Gasteiger partial charge in [-0.2, -0.15) is 0 Å². The van der Waals surface area contributed by atoms with E-state index in [1.165, 1.54) is 103 Å². The van der Waals surface area contributed by atoms with Gasteiger partial charge in [0.05, 0.1) is 11.0 Å². The average molecular weight is 797 g/mol. The van der Waals surface area contributed by atoms with Gasteiger partial charge < -0.3 is 13.8 Å². The number of aryl methyl sites for hydroxylation is 1. The Labute approximate surface area is 356 Å². The van der Waals surface area contributed by atoms with Crippen LogP contribution in [-0.4, -0.2) is 11.4 Å². The van der Waals surface area contributed by atoms with Crippen molar-refractivity contribution in [3.8, 4) is 16.8 Å². The predicted molar refractivity (Wildman–Crippen MR) is 261 cm³/mol. The molecule has 0 amide bonds. The van der Waals surface area contributed by atoms with E-state index in [0.29, 0.717) is 0 Å². The molecule has 0 N–H and O–H groups in total. The Balaban J connectivity index is 1.25. The lowest BCUT2D eigenvalue weighted by molar-refractivity contribution is 0.590. The van der Waals surface area contributed by atoms with Gasteiger partial charge in [-0.3, -0.25) is 0 Å². The summed E-state index contributed by atoms with van der Waals surface area (Å²) in [6.07, 6.45) is 0. The predicted octanol–water partition coefficient (Wildman–Crippen LogP) is 14.5. The fourth-order valence-corrected chi connectivity index (χ4v) is 11.7. The molecular formula is C55H49BN2OS. The molecule has 0 unspecified atom stereocenters. The zero-order valence-electron chi connectivity index (χ0n) is 36.3. The van der Waals surface area contributed by atoms with Crippen LogP contribution in [0, 0.1) is 6.92 Å². The normalized spacial score (nSPS) is 14.1. The van der Waals surface area contributed by atoms with Gasteiger partial charge in [-0.1, -0.05) is 123 Å². The summed E-state index contributed by atoms with van der Waals surface area (Å²) in [5.74, 6) is 0. The van der Waals surface area contributed by atoms with Gasteiger partial charge in [0.2, 0.25) is 0 Å². The molecule has 3 aromatic heterocycles. The summed E-state index contributed by atoms with van der Waals surface area (Å²) in [6.45, 7) is 23.1. The maximum atomic E-state index is 6.57. The second-order valence-electron chi connectivity index (χ2n) is 20.7. The van der Waals surface area contributed by atoms with Crippen LogP contribution in [0.2, 0.25) is 0 Å². The molecule has 2 aliphatic rings. The highest BCUT2D eigenvalue weighted by molar-refractivity contribution is 7.25. The van der Waals surface area contributed by atoms with Crippen LogP contribution in [0.15, 0.2) is 120 Å². The van der Waals surface area contributed by atoms with Crippen LogP contribution in [0.1, 0.15) is 84.6 Å². The van der Waals surface area contributed by atoms with Gasteiger partial charge in [-0.05, 0) is 117 Å². The zero-order chi connectivity index (χ0) is 41.4. The number of hydrogen-bond acceptors (Lipinski definition) is 3. The van der Waals surface area contributed by atoms with Gasteiger partial charge in [-0.25, -0.2) is 0 Å². The topological polar surface area (TPSA) is 21.3 Å². The SMILES string of the molecule is Cc1cc2c3c4c1c1cc5oc6ccccc6c5cc1n4-c1ccc(C(C)(C)C)cc1B3N(c1ccc(C(C)(C)C)cc1)c1cc3sc4cc(C(C)(C)C)ccc4c3cc1-2. The third kappa shape index (κ3) is 4.90. The molecule has 10 aromatic rings. The van der Waals surface area contributed by atoms with Crippen molar-refractivity contribution in [2.24, 2.45) is 0 Å². The van der Waals surface area contributed by atoms with E-state index in [4.69, 9.17) is 4.42 Å². The molecule has 3 nitrogen and oxygen atoms in total. The van der Waals surface area contributed by atoms with Crippen molar-refractivity contribution < 1.29 is 4.42 Å². The summed E-state index contributed by atoms with van der Waals surface area (Å²) in [5, 5.41) is 7.53. The lowest BCUT2D eigenvalue weighted by atomic mass is 9.43. The van der Waals surface area contributed by atoms with Crippen LogP contribution in [-0.2, 0) is 16.2 Å². The van der Waals surface area contributed by atoms with Gasteiger partial charge in [0.15, 0.2) is 0 Å². The van der Waals surface area contributed by atoms with Crippen molar-refractivity contribution in [3.63, 3.8) is 0 Å². The Bertz CT molecular complexity index is 3500. The number of nitrogens with zero attached hydrogens (tertiary/aromatic N) is 2. The Kier molecular flexibility index (Phi) is 7.06. The smallest absolute Gasteiger partial charge is 0.333 e. The molecule has 0 fully saturated rings. The molecule has 0 spiro atoms. The second kappa shape index (κ2) is 11.7. The number of hydrogen-bond donors (Lipinski definition) is 0. The van der Waals surface area contributed by atoms with Gasteiger partial charge >= 0.3 is 6.85 Å². The van der Waals surface area contributed by atoms with E-state index < -0.39 is 0 Å². The van der Waals surface area contributed by atoms with Gasteiger partial charge in [0, 0.05) is 64.3 Å². The first kappa shape index (κ1) is 36.1. The molecule has 5 heteroatoms. The third-order valence-electron chi connectivity index (χ3n) is 13.7. The molecule has 12 rings (SSSR count). The first-order valence-electron chi connectivity index (χ1n) is 21.5. The van der Waals surface area contributed by atoms with Crippen molar-refractivity contribution in [2.75, 3.05) is 4.81 Å². The maximum absolute atomic E-state index is 6.57. The average Bonchev–Trinajstić information content (AvgIpc) is 3.86. The van der Waals surface area contributed by atoms with E-state index in [1.807, 2.05) is 11.3 Å². The fourth-order valence-electron chi connectivity index (χ4n) is 10.5. The van der Waals surface area contributed by atoms with Crippen LogP contribution in [0.5, 0.6) is 0 Å². The number of para-hydroxylation sites is 1. The number of fused-ring (bicyclic) bond motifs is 14. The maximum Gasteiger partial charge on any atom is 0.333 e. The minimum Gasteiger partial charge on any atom is -0.456 e. The molecule has 0 aliphatic carbocycles. The fraction of sp³-hybridized carbons (Fsp3) is 0.236. The lowest BCUT2D eigenvalue weighted by Gasteiger charge is -2.42. The second-order valence-corrected chi connectivity index (χ2v) is 21.8. The van der Waals surface area contributed by atoms with E-state index in [1.54, 1.807) is 0 Å². The first-order chi connectivity index (χ1) is 28.5. The van der Waals surface area contributed by atoms with Crippen molar-refractivity contribution in [1.29, 1.82) is 0 Å². The summed E-state index contributed by atoms with van der Waals surface area (Å²) in [5.41, 5.74) is 18.9. The highest BCUT2D eigenvalue weighted by atomic mass is 32.1. The van der Waals surface area contributed by atoms with Crippen LogP contribution in [0.25, 0.3) is 80.7 Å². The van der Waals surface area contributed by atoms with Crippen LogP contribution in [0.4, 0.5) is 11.4 Å². The van der Waals surface area contributed by atoms with Crippen LogP contribution >= 0.6 is 11.3 Å². The molecule has 2 aliphatic heterocycles. The van der Waals surface area contributed by atoms with Gasteiger partial charge in [0.25, 0.3) is 0 Å². The Morgan fingerprint density at radius 1 is 0.533 bits per heavy atom. The molecule has 0 atom stereocenters. The van der Waals surface area contributed by atoms with Crippen molar-refractivity contribution in [2.45, 2.75) is 85.5 Å². The molecule has 0 saturated heterocycles. The quantitative estimate of drug-likeness (QED) is 0.154. The number of anilines is 2. The number of benzene rings is 7. The molecule has 5 heterocycles. The Morgan fingerprint density at radius 3 is 1.97 bits per heavy atom. The Hall–Kier alpha value is -5.78. The summed E-state index contributed by atoms with van der Waals surface area (Å²) >= 11 is 1.93. The highest BCUT2D eigenvalue weighted by Crippen LogP contribution is 2.50. The van der Waals surface area contributed by atoms with E-state index >= 15 is 0 Å². The zero-order valence-corrected chi connectivity index (χ0v) is 37.1. The van der Waals surface area contributed by atoms with Gasteiger partial charge in [-0.15, -0.1) is 11.3 Å². The molecule has 0 bridgehead atoms. The van der Waals surface area contributed by atoms with E-state index in [2.05, 4.69) is 194 Å². The molecule has 0 radical (unpaired) electrons. The highest BCUT2D eigenvalue weighted by Gasteiger charge is 2.45. The standard InChI is InChI=1S/C55H49BN2OS/c1-30-23-40-37-26-39-36-21-17-33(55(8,9)10)25-48(36)60-49(39)29-45(37)58(34-19-15-31(16-20-34)53(2,3)4)56-42-24-32(54(5,6)7)18-22-43(42)57-44-27-38-35-13-11-12-14-46(35)59-47(38)28-41(44)50(30)52(57)51(40)56/h11-29H,1-10H3. The van der Waals surface area contributed by atoms with E-state index in [-0.39, 0.29) is 23.1 Å². The van der Waals surface area contributed by atoms with Crippen LogP contribution < -0.4 is 15.7 Å². The van der Waals surface area contributed by atoms with E-state index in [9.17, 15) is 0 Å². The minimum absolute atomic E-state index is 0.0255. The Morgan fingerprint density at radius 2 is 1.22 bits per heavy atom. The largest absolute Gasteiger partial charge is 0.456 e.